The van der Waals surface area contributed by atoms with Gasteiger partial charge in [0.05, 0.1) is 0 Å². The largest absolute Gasteiger partial charge is 0.457 e. The maximum Gasteiger partial charge on any atom is 0.133 e. The Morgan fingerprint density at radius 3 is 2.78 bits per heavy atom. The van der Waals surface area contributed by atoms with Gasteiger partial charge in [-0.25, -0.2) is 0 Å². The highest BCUT2D eigenvalue weighted by molar-refractivity contribution is 9.10. The van der Waals surface area contributed by atoms with Crippen LogP contribution < -0.4 is 10.1 Å². The maximum atomic E-state index is 6.00. The summed E-state index contributed by atoms with van der Waals surface area (Å²) in [6, 6.07) is 13.4. The van der Waals surface area contributed by atoms with Gasteiger partial charge in [-0.2, -0.15) is 0 Å². The molecule has 0 fully saturated rings. The van der Waals surface area contributed by atoms with Crippen LogP contribution >= 0.6 is 27.5 Å². The van der Waals surface area contributed by atoms with Gasteiger partial charge < -0.3 is 10.1 Å². The third-order valence-corrected chi connectivity index (χ3v) is 3.15. The van der Waals surface area contributed by atoms with E-state index in [4.69, 9.17) is 16.3 Å². The molecule has 1 N–H and O–H groups in total. The van der Waals surface area contributed by atoms with Crippen molar-refractivity contribution >= 4 is 27.5 Å². The quantitative estimate of drug-likeness (QED) is 0.885. The molecule has 0 aliphatic heterocycles. The molecule has 2 rings (SSSR count). The van der Waals surface area contributed by atoms with Gasteiger partial charge in [0, 0.05) is 21.6 Å². The first-order valence-corrected chi connectivity index (χ1v) is 6.72. The van der Waals surface area contributed by atoms with Crippen molar-refractivity contribution < 1.29 is 4.74 Å². The Morgan fingerprint density at radius 1 is 1.22 bits per heavy atom. The Hall–Kier alpha value is -1.03. The topological polar surface area (TPSA) is 21.3 Å². The summed E-state index contributed by atoms with van der Waals surface area (Å²) in [4.78, 5) is 0. The molecular weight excluding hydrogens is 314 g/mol. The first-order valence-electron chi connectivity index (χ1n) is 5.55. The normalized spacial score (nSPS) is 10.4. The summed E-state index contributed by atoms with van der Waals surface area (Å²) in [5, 5.41) is 3.78. The molecule has 2 aromatic rings. The van der Waals surface area contributed by atoms with Crippen LogP contribution in [0.25, 0.3) is 0 Å². The van der Waals surface area contributed by atoms with Crippen molar-refractivity contribution in [2.45, 2.75) is 6.54 Å². The second-order valence-electron chi connectivity index (χ2n) is 3.84. The number of ether oxygens (including phenoxy) is 1. The van der Waals surface area contributed by atoms with Gasteiger partial charge in [0.2, 0.25) is 0 Å². The maximum absolute atomic E-state index is 6.00. The van der Waals surface area contributed by atoms with E-state index in [0.29, 0.717) is 5.02 Å². The SMILES string of the molecule is CNCc1ccc(Cl)cc1Oc1cccc(Br)c1. The lowest BCUT2D eigenvalue weighted by Crippen LogP contribution is -2.06. The molecule has 0 saturated heterocycles. The number of rotatable bonds is 4. The summed E-state index contributed by atoms with van der Waals surface area (Å²) >= 11 is 9.43. The highest BCUT2D eigenvalue weighted by Crippen LogP contribution is 2.29. The van der Waals surface area contributed by atoms with Crippen LogP contribution in [0.3, 0.4) is 0 Å². The van der Waals surface area contributed by atoms with Gasteiger partial charge in [0.1, 0.15) is 11.5 Å². The summed E-state index contributed by atoms with van der Waals surface area (Å²) < 4.78 is 6.85. The van der Waals surface area contributed by atoms with Crippen LogP contribution in [-0.4, -0.2) is 7.05 Å². The molecule has 2 aromatic carbocycles. The van der Waals surface area contributed by atoms with E-state index in [2.05, 4.69) is 21.2 Å². The van der Waals surface area contributed by atoms with Gasteiger partial charge in [0.15, 0.2) is 0 Å². The summed E-state index contributed by atoms with van der Waals surface area (Å²) in [6.07, 6.45) is 0. The van der Waals surface area contributed by atoms with Crippen LogP contribution in [0.4, 0.5) is 0 Å². The molecule has 0 unspecified atom stereocenters. The van der Waals surface area contributed by atoms with E-state index >= 15 is 0 Å². The van der Waals surface area contributed by atoms with Gasteiger partial charge >= 0.3 is 0 Å². The first-order chi connectivity index (χ1) is 8.69. The molecular formula is C14H13BrClNO. The van der Waals surface area contributed by atoms with Crippen LogP contribution in [0.1, 0.15) is 5.56 Å². The van der Waals surface area contributed by atoms with E-state index in [9.17, 15) is 0 Å². The Morgan fingerprint density at radius 2 is 2.06 bits per heavy atom. The van der Waals surface area contributed by atoms with E-state index in [0.717, 1.165) is 28.1 Å². The molecule has 0 spiro atoms. The van der Waals surface area contributed by atoms with Gasteiger partial charge in [-0.1, -0.05) is 39.7 Å². The predicted octanol–water partition coefficient (Wildman–Crippen LogP) is 4.61. The van der Waals surface area contributed by atoms with Crippen molar-refractivity contribution in [3.63, 3.8) is 0 Å². The number of halogens is 2. The average molecular weight is 327 g/mol. The van der Waals surface area contributed by atoms with E-state index in [1.807, 2.05) is 49.5 Å². The zero-order chi connectivity index (χ0) is 13.0. The molecule has 0 aliphatic rings. The fourth-order valence-electron chi connectivity index (χ4n) is 1.62. The van der Waals surface area contributed by atoms with Gasteiger partial charge in [-0.3, -0.25) is 0 Å². The minimum Gasteiger partial charge on any atom is -0.457 e. The van der Waals surface area contributed by atoms with Crippen LogP contribution in [0.15, 0.2) is 46.9 Å². The summed E-state index contributed by atoms with van der Waals surface area (Å²) in [6.45, 7) is 0.737. The second kappa shape index (κ2) is 6.23. The predicted molar refractivity (Wildman–Crippen MR) is 78.4 cm³/mol. The first kappa shape index (κ1) is 13.4. The number of benzene rings is 2. The zero-order valence-electron chi connectivity index (χ0n) is 9.91. The fourth-order valence-corrected chi connectivity index (χ4v) is 2.16. The van der Waals surface area contributed by atoms with Crippen LogP contribution in [-0.2, 0) is 6.54 Å². The molecule has 0 radical (unpaired) electrons. The van der Waals surface area contributed by atoms with Gasteiger partial charge in [-0.15, -0.1) is 0 Å². The lowest BCUT2D eigenvalue weighted by Gasteiger charge is -2.11. The molecule has 0 heterocycles. The molecule has 4 heteroatoms. The monoisotopic (exact) mass is 325 g/mol. The van der Waals surface area contributed by atoms with Crippen molar-refractivity contribution in [2.75, 3.05) is 7.05 Å². The Balaban J connectivity index is 2.29. The Bertz CT molecular complexity index is 545. The van der Waals surface area contributed by atoms with E-state index in [1.165, 1.54) is 0 Å². The summed E-state index contributed by atoms with van der Waals surface area (Å²) in [5.74, 6) is 1.55. The van der Waals surface area contributed by atoms with Crippen LogP contribution in [0.5, 0.6) is 11.5 Å². The lowest BCUT2D eigenvalue weighted by atomic mass is 10.2. The van der Waals surface area contributed by atoms with Crippen molar-refractivity contribution in [1.29, 1.82) is 0 Å². The minimum absolute atomic E-state index is 0.667. The van der Waals surface area contributed by atoms with Crippen LogP contribution in [0.2, 0.25) is 5.02 Å². The molecule has 2 nitrogen and oxygen atoms in total. The molecule has 0 amide bonds. The third-order valence-electron chi connectivity index (χ3n) is 2.42. The van der Waals surface area contributed by atoms with E-state index < -0.39 is 0 Å². The van der Waals surface area contributed by atoms with E-state index in [-0.39, 0.29) is 0 Å². The lowest BCUT2D eigenvalue weighted by molar-refractivity contribution is 0.474. The van der Waals surface area contributed by atoms with Crippen molar-refractivity contribution in [3.05, 3.63) is 57.5 Å². The molecule has 0 atom stereocenters. The van der Waals surface area contributed by atoms with Gasteiger partial charge in [-0.05, 0) is 37.4 Å². The van der Waals surface area contributed by atoms with E-state index in [1.54, 1.807) is 0 Å². The molecule has 94 valence electrons. The molecule has 0 aliphatic carbocycles. The third kappa shape index (κ3) is 3.48. The molecule has 0 bridgehead atoms. The van der Waals surface area contributed by atoms with Gasteiger partial charge in [0.25, 0.3) is 0 Å². The highest BCUT2D eigenvalue weighted by atomic mass is 79.9. The standard InChI is InChI=1S/C14H13BrClNO/c1-17-9-10-5-6-12(16)8-14(10)18-13-4-2-3-11(15)7-13/h2-8,17H,9H2,1H3. The fraction of sp³-hybridized carbons (Fsp3) is 0.143. The number of nitrogens with one attached hydrogen (secondary N) is 1. The zero-order valence-corrected chi connectivity index (χ0v) is 12.3. The minimum atomic E-state index is 0.667. The second-order valence-corrected chi connectivity index (χ2v) is 5.19. The molecule has 18 heavy (non-hydrogen) atoms. The Labute approximate surface area is 120 Å². The number of hydrogen-bond acceptors (Lipinski definition) is 2. The van der Waals surface area contributed by atoms with Crippen molar-refractivity contribution in [3.8, 4) is 11.5 Å². The van der Waals surface area contributed by atoms with Crippen molar-refractivity contribution in [1.82, 2.24) is 5.32 Å². The molecule has 0 saturated carbocycles. The van der Waals surface area contributed by atoms with Crippen molar-refractivity contribution in [2.24, 2.45) is 0 Å². The van der Waals surface area contributed by atoms with Crippen LogP contribution in [0, 0.1) is 0 Å². The molecule has 0 aromatic heterocycles. The average Bonchev–Trinajstić information content (AvgIpc) is 2.33. The summed E-state index contributed by atoms with van der Waals surface area (Å²) in [7, 11) is 1.90. The Kier molecular flexibility index (Phi) is 4.64. The highest BCUT2D eigenvalue weighted by Gasteiger charge is 2.06. The summed E-state index contributed by atoms with van der Waals surface area (Å²) in [5.41, 5.74) is 1.07. The number of hydrogen-bond donors (Lipinski definition) is 1. The smallest absolute Gasteiger partial charge is 0.133 e.